The lowest BCUT2D eigenvalue weighted by molar-refractivity contribution is 0.249. The molecule has 2 N–H and O–H groups in total. The van der Waals surface area contributed by atoms with E-state index in [2.05, 4.69) is 39.4 Å². The molecule has 0 saturated carbocycles. The third-order valence-corrected chi connectivity index (χ3v) is 6.06. The summed E-state index contributed by atoms with van der Waals surface area (Å²) in [6.07, 6.45) is 5.10. The van der Waals surface area contributed by atoms with Crippen LogP contribution in [0.3, 0.4) is 0 Å². The number of amides is 1. The van der Waals surface area contributed by atoms with Gasteiger partial charge in [0, 0.05) is 43.2 Å². The highest BCUT2D eigenvalue weighted by Crippen LogP contribution is 2.28. The number of benzene rings is 2. The van der Waals surface area contributed by atoms with Crippen LogP contribution in [0.4, 0.5) is 10.5 Å². The summed E-state index contributed by atoms with van der Waals surface area (Å²) in [5.41, 5.74) is 9.25. The minimum Gasteiger partial charge on any atom is -0.487 e. The maximum Gasteiger partial charge on any atom is 0.324 e. The first-order valence-electron chi connectivity index (χ1n) is 11.3. The highest BCUT2D eigenvalue weighted by atomic mass is 16.5. The van der Waals surface area contributed by atoms with Crippen molar-refractivity contribution >= 4 is 11.7 Å². The largest absolute Gasteiger partial charge is 0.487 e. The molecule has 34 heavy (non-hydrogen) atoms. The van der Waals surface area contributed by atoms with Gasteiger partial charge in [0.2, 0.25) is 0 Å². The summed E-state index contributed by atoms with van der Waals surface area (Å²) in [6.45, 7) is 2.27. The highest BCUT2D eigenvalue weighted by molar-refractivity contribution is 5.77. The molecule has 2 aromatic carbocycles. The number of hydrogen-bond donors (Lipinski definition) is 1. The van der Waals surface area contributed by atoms with E-state index in [4.69, 9.17) is 15.5 Å². The van der Waals surface area contributed by atoms with Gasteiger partial charge in [-0.25, -0.2) is 9.78 Å². The molecule has 1 aliphatic rings. The predicted octanol–water partition coefficient (Wildman–Crippen LogP) is 3.91. The van der Waals surface area contributed by atoms with Gasteiger partial charge in [-0.05, 0) is 60.9 Å². The number of primary amides is 1. The Labute approximate surface area is 198 Å². The number of rotatable bonds is 7. The Morgan fingerprint density at radius 1 is 1.06 bits per heavy atom. The van der Waals surface area contributed by atoms with Crippen molar-refractivity contribution in [3.63, 3.8) is 0 Å². The summed E-state index contributed by atoms with van der Waals surface area (Å²) in [7, 11) is 0. The average molecular weight is 455 g/mol. The zero-order chi connectivity index (χ0) is 23.3. The molecular weight excluding hydrogens is 428 g/mol. The van der Waals surface area contributed by atoms with Gasteiger partial charge in [0.05, 0.1) is 5.69 Å². The van der Waals surface area contributed by atoms with Gasteiger partial charge < -0.3 is 15.4 Å². The van der Waals surface area contributed by atoms with E-state index in [1.807, 2.05) is 42.5 Å². The van der Waals surface area contributed by atoms with Gasteiger partial charge in [-0.15, -0.1) is 0 Å². The zero-order valence-corrected chi connectivity index (χ0v) is 18.7. The Morgan fingerprint density at radius 3 is 2.62 bits per heavy atom. The standard InChI is InChI=1S/C26H26N6O2/c27-26(33)32-17-24(20-8-10-23(11-9-20)34-18-21-5-4-13-28-30-21)29-25(32)15-19-12-14-31(16-19)22-6-2-1-3-7-22/h1-11,13,17,19H,12,14-16,18H2,(H2,27,33). The quantitative estimate of drug-likeness (QED) is 0.454. The number of carbonyl (C=O) groups excluding carboxylic acids is 1. The van der Waals surface area contributed by atoms with E-state index >= 15 is 0 Å². The fourth-order valence-electron chi connectivity index (χ4n) is 4.31. The van der Waals surface area contributed by atoms with E-state index in [-0.39, 0.29) is 0 Å². The maximum atomic E-state index is 12.1. The monoisotopic (exact) mass is 454 g/mol. The normalized spacial score (nSPS) is 15.4. The molecular formula is C26H26N6O2. The van der Waals surface area contributed by atoms with E-state index < -0.39 is 6.03 Å². The second kappa shape index (κ2) is 9.74. The van der Waals surface area contributed by atoms with E-state index in [9.17, 15) is 4.79 Å². The van der Waals surface area contributed by atoms with Gasteiger partial charge in [0.25, 0.3) is 0 Å². The van der Waals surface area contributed by atoms with Gasteiger partial charge in [-0.1, -0.05) is 18.2 Å². The lowest BCUT2D eigenvalue weighted by Gasteiger charge is -2.18. The number of nitrogens with two attached hydrogens (primary N) is 1. The molecule has 0 radical (unpaired) electrons. The summed E-state index contributed by atoms with van der Waals surface area (Å²) >= 11 is 0. The van der Waals surface area contributed by atoms with Crippen molar-refractivity contribution in [1.82, 2.24) is 19.7 Å². The molecule has 5 rings (SSSR count). The second-order valence-corrected chi connectivity index (χ2v) is 8.42. The molecule has 1 fully saturated rings. The summed E-state index contributed by atoms with van der Waals surface area (Å²) in [5, 5.41) is 7.87. The number of anilines is 1. The fraction of sp³-hybridized carbons (Fsp3) is 0.231. The summed E-state index contributed by atoms with van der Waals surface area (Å²) in [5.74, 6) is 1.83. The Hall–Kier alpha value is -4.20. The van der Waals surface area contributed by atoms with Gasteiger partial charge in [-0.3, -0.25) is 4.57 Å². The van der Waals surface area contributed by atoms with Crippen LogP contribution in [0.1, 0.15) is 17.9 Å². The van der Waals surface area contributed by atoms with E-state index in [1.165, 1.54) is 10.3 Å². The van der Waals surface area contributed by atoms with Gasteiger partial charge in [0.1, 0.15) is 23.9 Å². The maximum absolute atomic E-state index is 12.1. The van der Waals surface area contributed by atoms with Crippen molar-refractivity contribution in [1.29, 1.82) is 0 Å². The lowest BCUT2D eigenvalue weighted by Crippen LogP contribution is -2.24. The molecule has 8 nitrogen and oxygen atoms in total. The van der Waals surface area contributed by atoms with Crippen molar-refractivity contribution < 1.29 is 9.53 Å². The molecule has 1 aliphatic heterocycles. The Morgan fingerprint density at radius 2 is 1.88 bits per heavy atom. The van der Waals surface area contributed by atoms with Crippen LogP contribution in [0.25, 0.3) is 11.3 Å². The van der Waals surface area contributed by atoms with Crippen LogP contribution in [-0.2, 0) is 13.0 Å². The third kappa shape index (κ3) is 4.91. The highest BCUT2D eigenvalue weighted by Gasteiger charge is 2.25. The van der Waals surface area contributed by atoms with E-state index in [1.54, 1.807) is 12.4 Å². The van der Waals surface area contributed by atoms with Crippen LogP contribution >= 0.6 is 0 Å². The summed E-state index contributed by atoms with van der Waals surface area (Å²) < 4.78 is 7.25. The zero-order valence-electron chi connectivity index (χ0n) is 18.7. The van der Waals surface area contributed by atoms with Crippen molar-refractivity contribution in [2.24, 2.45) is 11.7 Å². The number of aromatic nitrogens is 4. The smallest absolute Gasteiger partial charge is 0.324 e. The molecule has 0 bridgehead atoms. The van der Waals surface area contributed by atoms with Crippen molar-refractivity contribution in [2.75, 3.05) is 18.0 Å². The number of hydrogen-bond acceptors (Lipinski definition) is 6. The van der Waals surface area contributed by atoms with Gasteiger partial charge in [-0.2, -0.15) is 10.2 Å². The minimum absolute atomic E-state index is 0.342. The van der Waals surface area contributed by atoms with Crippen LogP contribution in [0.5, 0.6) is 5.75 Å². The van der Waals surface area contributed by atoms with E-state index in [0.717, 1.165) is 36.5 Å². The molecule has 1 atom stereocenters. The second-order valence-electron chi connectivity index (χ2n) is 8.42. The Kier molecular flexibility index (Phi) is 6.20. The number of carbonyl (C=O) groups is 1. The lowest BCUT2D eigenvalue weighted by atomic mass is 10.0. The fourth-order valence-corrected chi connectivity index (χ4v) is 4.31. The third-order valence-electron chi connectivity index (χ3n) is 6.06. The van der Waals surface area contributed by atoms with Crippen molar-refractivity contribution in [3.05, 3.63) is 90.6 Å². The first-order valence-corrected chi connectivity index (χ1v) is 11.3. The van der Waals surface area contributed by atoms with Gasteiger partial charge >= 0.3 is 6.03 Å². The van der Waals surface area contributed by atoms with Crippen LogP contribution in [0, 0.1) is 5.92 Å². The Bertz CT molecular complexity index is 1240. The van der Waals surface area contributed by atoms with Crippen molar-refractivity contribution in [3.8, 4) is 17.0 Å². The first-order chi connectivity index (χ1) is 16.7. The van der Waals surface area contributed by atoms with Crippen LogP contribution < -0.4 is 15.4 Å². The molecule has 0 aliphatic carbocycles. The predicted molar refractivity (Wildman–Crippen MR) is 129 cm³/mol. The SMILES string of the molecule is NC(=O)n1cc(-c2ccc(OCc3cccnn3)cc2)nc1CC1CCN(c2ccccc2)C1. The number of imidazole rings is 1. The molecule has 1 amide bonds. The van der Waals surface area contributed by atoms with Gasteiger partial charge in [0.15, 0.2) is 0 Å². The molecule has 3 heterocycles. The van der Waals surface area contributed by atoms with E-state index in [0.29, 0.717) is 30.5 Å². The molecule has 2 aromatic heterocycles. The molecule has 8 heteroatoms. The molecule has 0 spiro atoms. The van der Waals surface area contributed by atoms with Crippen LogP contribution in [0.2, 0.25) is 0 Å². The molecule has 172 valence electrons. The summed E-state index contributed by atoms with van der Waals surface area (Å²) in [6, 6.07) is 21.2. The molecule has 1 saturated heterocycles. The number of nitrogens with zero attached hydrogens (tertiary/aromatic N) is 5. The topological polar surface area (TPSA) is 99.2 Å². The minimum atomic E-state index is -0.518. The molecule has 1 unspecified atom stereocenters. The number of para-hydroxylation sites is 1. The number of ether oxygens (including phenoxy) is 1. The first kappa shape index (κ1) is 21.6. The Balaban J connectivity index is 1.27. The van der Waals surface area contributed by atoms with Crippen LogP contribution in [0.15, 0.2) is 79.1 Å². The molecule has 4 aromatic rings. The summed E-state index contributed by atoms with van der Waals surface area (Å²) in [4.78, 5) is 19.3. The van der Waals surface area contributed by atoms with Crippen molar-refractivity contribution in [2.45, 2.75) is 19.4 Å². The van der Waals surface area contributed by atoms with Crippen LogP contribution in [-0.4, -0.2) is 38.9 Å². The average Bonchev–Trinajstić information content (AvgIpc) is 3.52.